The maximum Gasteiger partial charge on any atom is 0.252 e. The van der Waals surface area contributed by atoms with Gasteiger partial charge in [-0.15, -0.1) is 0 Å². The van der Waals surface area contributed by atoms with Crippen LogP contribution in [0.4, 0.5) is 0 Å². The standard InChI is InChI=1S/C12H10N2O3/c1-17-11-6-2-3-10(15)14-9(6)4-7-8(11)5-13-12(7)16/h2-4H,5H2,1H3,(H,13,16)(H,14,15). The molecule has 0 saturated heterocycles. The topological polar surface area (TPSA) is 71.2 Å². The Morgan fingerprint density at radius 2 is 2.12 bits per heavy atom. The maximum absolute atomic E-state index is 11.6. The molecule has 0 atom stereocenters. The average Bonchev–Trinajstić information content (AvgIpc) is 2.68. The third-order valence-electron chi connectivity index (χ3n) is 2.96. The number of carbonyl (C=O) groups excluding carboxylic acids is 1. The van der Waals surface area contributed by atoms with Crippen LogP contribution in [0.15, 0.2) is 23.0 Å². The zero-order valence-corrected chi connectivity index (χ0v) is 9.16. The van der Waals surface area contributed by atoms with Gasteiger partial charge in [-0.2, -0.15) is 0 Å². The average molecular weight is 230 g/mol. The molecule has 1 aromatic heterocycles. The van der Waals surface area contributed by atoms with Gasteiger partial charge in [0.25, 0.3) is 5.91 Å². The molecule has 17 heavy (non-hydrogen) atoms. The van der Waals surface area contributed by atoms with E-state index in [0.717, 1.165) is 10.9 Å². The van der Waals surface area contributed by atoms with Crippen LogP contribution < -0.4 is 15.6 Å². The molecule has 0 spiro atoms. The largest absolute Gasteiger partial charge is 0.496 e. The van der Waals surface area contributed by atoms with Crippen molar-refractivity contribution in [2.24, 2.45) is 0 Å². The van der Waals surface area contributed by atoms with E-state index in [-0.39, 0.29) is 11.5 Å². The number of rotatable bonds is 1. The number of ether oxygens (including phenoxy) is 1. The summed E-state index contributed by atoms with van der Waals surface area (Å²) in [6, 6.07) is 4.84. The lowest BCUT2D eigenvalue weighted by molar-refractivity contribution is 0.0966. The number of fused-ring (bicyclic) bond motifs is 2. The summed E-state index contributed by atoms with van der Waals surface area (Å²) in [5, 5.41) is 3.55. The van der Waals surface area contributed by atoms with Crippen molar-refractivity contribution in [1.82, 2.24) is 10.3 Å². The predicted octanol–water partition coefficient (Wildman–Crippen LogP) is 0.780. The van der Waals surface area contributed by atoms with E-state index in [1.165, 1.54) is 6.07 Å². The summed E-state index contributed by atoms with van der Waals surface area (Å²) in [5.74, 6) is 0.511. The monoisotopic (exact) mass is 230 g/mol. The summed E-state index contributed by atoms with van der Waals surface area (Å²) in [6.45, 7) is 0.465. The minimum absolute atomic E-state index is 0.134. The van der Waals surface area contributed by atoms with Gasteiger partial charge in [0.15, 0.2) is 0 Å². The van der Waals surface area contributed by atoms with Crippen LogP contribution in [0.2, 0.25) is 0 Å². The van der Waals surface area contributed by atoms with Crippen LogP contribution in [0.5, 0.6) is 5.75 Å². The molecule has 0 bridgehead atoms. The number of H-pyrrole nitrogens is 1. The molecular weight excluding hydrogens is 220 g/mol. The molecular formula is C12H10N2O3. The van der Waals surface area contributed by atoms with E-state index in [1.54, 1.807) is 19.2 Å². The second kappa shape index (κ2) is 3.35. The zero-order valence-electron chi connectivity index (χ0n) is 9.16. The Hall–Kier alpha value is -2.30. The number of aromatic amines is 1. The molecule has 5 nitrogen and oxygen atoms in total. The van der Waals surface area contributed by atoms with E-state index in [4.69, 9.17) is 4.74 Å². The zero-order chi connectivity index (χ0) is 12.0. The first kappa shape index (κ1) is 9.89. The second-order valence-electron chi connectivity index (χ2n) is 3.90. The minimum Gasteiger partial charge on any atom is -0.496 e. The number of benzene rings is 1. The van der Waals surface area contributed by atoms with E-state index in [0.29, 0.717) is 23.4 Å². The molecule has 5 heteroatoms. The smallest absolute Gasteiger partial charge is 0.252 e. The number of nitrogens with one attached hydrogen (secondary N) is 2. The Morgan fingerprint density at radius 3 is 2.88 bits per heavy atom. The number of methoxy groups -OCH3 is 1. The SMILES string of the molecule is COc1c2c(cc3[nH]c(=O)ccc13)C(=O)NC2. The van der Waals surface area contributed by atoms with Gasteiger partial charge in [0, 0.05) is 23.6 Å². The molecule has 86 valence electrons. The third-order valence-corrected chi connectivity index (χ3v) is 2.96. The Balaban J connectivity index is 2.46. The van der Waals surface area contributed by atoms with Gasteiger partial charge in [-0.25, -0.2) is 0 Å². The number of aromatic nitrogens is 1. The van der Waals surface area contributed by atoms with Gasteiger partial charge in [0.1, 0.15) is 5.75 Å². The molecule has 1 amide bonds. The highest BCUT2D eigenvalue weighted by Crippen LogP contribution is 2.33. The Morgan fingerprint density at radius 1 is 1.29 bits per heavy atom. The van der Waals surface area contributed by atoms with E-state index in [9.17, 15) is 9.59 Å². The van der Waals surface area contributed by atoms with Crippen molar-refractivity contribution in [3.63, 3.8) is 0 Å². The van der Waals surface area contributed by atoms with E-state index in [1.807, 2.05) is 0 Å². The number of hydrogen-bond donors (Lipinski definition) is 2. The number of amides is 1. The molecule has 1 aliphatic heterocycles. The summed E-state index contributed by atoms with van der Waals surface area (Å²) < 4.78 is 5.34. The van der Waals surface area contributed by atoms with Crippen LogP contribution in [0.25, 0.3) is 10.9 Å². The van der Waals surface area contributed by atoms with Crippen molar-refractivity contribution in [2.75, 3.05) is 7.11 Å². The molecule has 2 heterocycles. The number of hydrogen-bond acceptors (Lipinski definition) is 3. The lowest BCUT2D eigenvalue weighted by Gasteiger charge is -2.09. The van der Waals surface area contributed by atoms with E-state index in [2.05, 4.69) is 10.3 Å². The van der Waals surface area contributed by atoms with Gasteiger partial charge in [-0.1, -0.05) is 0 Å². The fourth-order valence-electron chi connectivity index (χ4n) is 2.19. The number of pyridine rings is 1. The van der Waals surface area contributed by atoms with Gasteiger partial charge in [-0.05, 0) is 12.1 Å². The molecule has 0 unspecified atom stereocenters. The molecule has 0 aliphatic carbocycles. The van der Waals surface area contributed by atoms with Crippen molar-refractivity contribution in [1.29, 1.82) is 0 Å². The Kier molecular flexibility index (Phi) is 1.95. The third kappa shape index (κ3) is 1.32. The van der Waals surface area contributed by atoms with Gasteiger partial charge < -0.3 is 15.0 Å². The summed E-state index contributed by atoms with van der Waals surface area (Å²) in [7, 11) is 1.56. The fraction of sp³-hybridized carbons (Fsp3) is 0.167. The van der Waals surface area contributed by atoms with Crippen molar-refractivity contribution in [2.45, 2.75) is 6.54 Å². The molecule has 3 rings (SSSR count). The highest BCUT2D eigenvalue weighted by molar-refractivity contribution is 6.04. The molecule has 2 N–H and O–H groups in total. The highest BCUT2D eigenvalue weighted by Gasteiger charge is 2.24. The molecule has 0 saturated carbocycles. The summed E-state index contributed by atoms with van der Waals surface area (Å²) in [6.07, 6.45) is 0. The van der Waals surface area contributed by atoms with Crippen molar-refractivity contribution in [3.8, 4) is 5.75 Å². The predicted molar refractivity (Wildman–Crippen MR) is 62.3 cm³/mol. The summed E-state index contributed by atoms with van der Waals surface area (Å²) in [4.78, 5) is 25.6. The van der Waals surface area contributed by atoms with Crippen LogP contribution >= 0.6 is 0 Å². The van der Waals surface area contributed by atoms with Gasteiger partial charge in [0.2, 0.25) is 5.56 Å². The van der Waals surface area contributed by atoms with Crippen LogP contribution in [0.3, 0.4) is 0 Å². The fourth-order valence-corrected chi connectivity index (χ4v) is 2.19. The quantitative estimate of drug-likeness (QED) is 0.760. The maximum atomic E-state index is 11.6. The molecule has 2 aromatic rings. The highest BCUT2D eigenvalue weighted by atomic mass is 16.5. The van der Waals surface area contributed by atoms with Gasteiger partial charge in [0.05, 0.1) is 18.2 Å². The van der Waals surface area contributed by atoms with Gasteiger partial charge in [-0.3, -0.25) is 9.59 Å². The Labute approximate surface area is 96.4 Å². The first-order valence-electron chi connectivity index (χ1n) is 5.22. The molecule has 1 aromatic carbocycles. The van der Waals surface area contributed by atoms with Crippen molar-refractivity contribution >= 4 is 16.8 Å². The number of carbonyl (C=O) groups is 1. The molecule has 0 radical (unpaired) electrons. The lowest BCUT2D eigenvalue weighted by atomic mass is 10.0. The normalized spacial score (nSPS) is 13.6. The van der Waals surface area contributed by atoms with E-state index < -0.39 is 0 Å². The van der Waals surface area contributed by atoms with Crippen molar-refractivity contribution in [3.05, 3.63) is 39.7 Å². The van der Waals surface area contributed by atoms with Gasteiger partial charge >= 0.3 is 0 Å². The first-order valence-corrected chi connectivity index (χ1v) is 5.22. The second-order valence-corrected chi connectivity index (χ2v) is 3.90. The lowest BCUT2D eigenvalue weighted by Crippen LogP contribution is -2.12. The van der Waals surface area contributed by atoms with Crippen molar-refractivity contribution < 1.29 is 9.53 Å². The minimum atomic E-state index is -0.196. The summed E-state index contributed by atoms with van der Waals surface area (Å²) >= 11 is 0. The van der Waals surface area contributed by atoms with E-state index >= 15 is 0 Å². The van der Waals surface area contributed by atoms with Crippen LogP contribution in [-0.4, -0.2) is 18.0 Å². The Bertz CT molecular complexity index is 688. The molecule has 1 aliphatic rings. The molecule has 0 fully saturated rings. The first-order chi connectivity index (χ1) is 8.20. The van der Waals surface area contributed by atoms with Crippen LogP contribution in [0, 0.1) is 0 Å². The summed E-state index contributed by atoms with van der Waals surface area (Å²) in [5.41, 5.74) is 1.83. The van der Waals surface area contributed by atoms with Crippen LogP contribution in [-0.2, 0) is 6.54 Å². The van der Waals surface area contributed by atoms with Crippen LogP contribution in [0.1, 0.15) is 15.9 Å².